The van der Waals surface area contributed by atoms with Gasteiger partial charge < -0.3 is 10.6 Å². The van der Waals surface area contributed by atoms with Crippen LogP contribution in [0.15, 0.2) is 18.2 Å². The third kappa shape index (κ3) is 3.47. The monoisotopic (exact) mass is 234 g/mol. The van der Waals surface area contributed by atoms with Crippen LogP contribution in [0.3, 0.4) is 0 Å². The van der Waals surface area contributed by atoms with Crippen LogP contribution in [0, 0.1) is 6.92 Å². The molecule has 0 aliphatic rings. The molecular weight excluding hydrogens is 208 g/mol. The minimum Gasteiger partial charge on any atom is -0.369 e. The first kappa shape index (κ1) is 14.0. The van der Waals surface area contributed by atoms with Crippen LogP contribution in [0.5, 0.6) is 0 Å². The number of nitrogens with zero attached hydrogens (tertiary/aromatic N) is 1. The number of benzene rings is 1. The van der Waals surface area contributed by atoms with E-state index in [2.05, 4.69) is 50.8 Å². The maximum absolute atomic E-state index is 5.59. The molecule has 0 fully saturated rings. The van der Waals surface area contributed by atoms with Crippen molar-refractivity contribution in [3.8, 4) is 0 Å². The number of hydrogen-bond acceptors (Lipinski definition) is 2. The maximum Gasteiger partial charge on any atom is 0.0398 e. The van der Waals surface area contributed by atoms with Crippen molar-refractivity contribution >= 4 is 5.69 Å². The lowest BCUT2D eigenvalue weighted by Gasteiger charge is -2.31. The fourth-order valence-electron chi connectivity index (χ4n) is 2.30. The van der Waals surface area contributed by atoms with E-state index in [1.165, 1.54) is 23.2 Å². The molecule has 2 N–H and O–H groups in total. The van der Waals surface area contributed by atoms with E-state index in [0.717, 1.165) is 19.5 Å². The molecule has 96 valence electrons. The predicted molar refractivity (Wildman–Crippen MR) is 76.7 cm³/mol. The molecule has 2 heteroatoms. The SMILES string of the molecule is CCC(C)N(CC)c1ccc(CCN)cc1C. The van der Waals surface area contributed by atoms with Gasteiger partial charge in [0.2, 0.25) is 0 Å². The molecule has 0 aromatic heterocycles. The molecule has 0 radical (unpaired) electrons. The molecule has 17 heavy (non-hydrogen) atoms. The molecule has 0 bridgehead atoms. The fourth-order valence-corrected chi connectivity index (χ4v) is 2.30. The fraction of sp³-hybridized carbons (Fsp3) is 0.600. The first-order valence-electron chi connectivity index (χ1n) is 6.70. The Balaban J connectivity index is 2.96. The summed E-state index contributed by atoms with van der Waals surface area (Å²) in [5, 5.41) is 0. The molecule has 1 unspecified atom stereocenters. The van der Waals surface area contributed by atoms with E-state index in [1.807, 2.05) is 0 Å². The number of hydrogen-bond donors (Lipinski definition) is 1. The molecule has 1 rings (SSSR count). The van der Waals surface area contributed by atoms with Crippen LogP contribution in [-0.2, 0) is 6.42 Å². The van der Waals surface area contributed by atoms with Crippen molar-refractivity contribution in [2.75, 3.05) is 18.0 Å². The summed E-state index contributed by atoms with van der Waals surface area (Å²) in [5.41, 5.74) is 9.66. The Kier molecular flexibility index (Phi) is 5.49. The molecule has 0 amide bonds. The zero-order valence-electron chi connectivity index (χ0n) is 11.7. The molecule has 0 aliphatic carbocycles. The smallest absolute Gasteiger partial charge is 0.0398 e. The standard InChI is InChI=1S/C15H26N2/c1-5-13(4)17(6-2)15-8-7-14(9-10-16)11-12(15)3/h7-8,11,13H,5-6,9-10,16H2,1-4H3. The minimum absolute atomic E-state index is 0.596. The van der Waals surface area contributed by atoms with Crippen LogP contribution in [-0.4, -0.2) is 19.1 Å². The van der Waals surface area contributed by atoms with Gasteiger partial charge in [-0.3, -0.25) is 0 Å². The van der Waals surface area contributed by atoms with Gasteiger partial charge in [-0.1, -0.05) is 19.1 Å². The number of aryl methyl sites for hydroxylation is 1. The highest BCUT2D eigenvalue weighted by atomic mass is 15.1. The third-order valence-electron chi connectivity index (χ3n) is 3.47. The van der Waals surface area contributed by atoms with E-state index in [0.29, 0.717) is 6.04 Å². The zero-order chi connectivity index (χ0) is 12.8. The molecule has 0 saturated heterocycles. The van der Waals surface area contributed by atoms with Gasteiger partial charge in [-0.2, -0.15) is 0 Å². The summed E-state index contributed by atoms with van der Waals surface area (Å²) >= 11 is 0. The Morgan fingerprint density at radius 3 is 2.47 bits per heavy atom. The van der Waals surface area contributed by atoms with Gasteiger partial charge in [0.1, 0.15) is 0 Å². The van der Waals surface area contributed by atoms with Crippen LogP contribution in [0.1, 0.15) is 38.3 Å². The average Bonchev–Trinajstić information content (AvgIpc) is 2.32. The highest BCUT2D eigenvalue weighted by Crippen LogP contribution is 2.24. The van der Waals surface area contributed by atoms with Crippen molar-refractivity contribution in [1.29, 1.82) is 0 Å². The third-order valence-corrected chi connectivity index (χ3v) is 3.47. The molecule has 0 spiro atoms. The first-order chi connectivity index (χ1) is 8.13. The lowest BCUT2D eigenvalue weighted by atomic mass is 10.0. The Bertz CT molecular complexity index is 347. The minimum atomic E-state index is 0.596. The lowest BCUT2D eigenvalue weighted by molar-refractivity contribution is 0.628. The van der Waals surface area contributed by atoms with E-state index in [-0.39, 0.29) is 0 Å². The largest absolute Gasteiger partial charge is 0.369 e. The number of nitrogens with two attached hydrogens (primary N) is 1. The van der Waals surface area contributed by atoms with Gasteiger partial charge in [0.05, 0.1) is 0 Å². The van der Waals surface area contributed by atoms with E-state index in [1.54, 1.807) is 0 Å². The first-order valence-corrected chi connectivity index (χ1v) is 6.70. The van der Waals surface area contributed by atoms with Crippen LogP contribution >= 0.6 is 0 Å². The second kappa shape index (κ2) is 6.65. The molecule has 0 saturated carbocycles. The number of rotatable bonds is 6. The van der Waals surface area contributed by atoms with Crippen LogP contribution in [0.2, 0.25) is 0 Å². The van der Waals surface area contributed by atoms with Crippen molar-refractivity contribution in [3.05, 3.63) is 29.3 Å². The highest BCUT2D eigenvalue weighted by molar-refractivity contribution is 5.55. The van der Waals surface area contributed by atoms with Gasteiger partial charge in [-0.15, -0.1) is 0 Å². The Morgan fingerprint density at radius 1 is 1.29 bits per heavy atom. The molecule has 0 aliphatic heterocycles. The summed E-state index contributed by atoms with van der Waals surface area (Å²) in [7, 11) is 0. The maximum atomic E-state index is 5.59. The predicted octanol–water partition coefficient (Wildman–Crippen LogP) is 3.12. The van der Waals surface area contributed by atoms with Crippen molar-refractivity contribution in [1.82, 2.24) is 0 Å². The molecule has 1 atom stereocenters. The Labute approximate surface area is 106 Å². The average molecular weight is 234 g/mol. The lowest BCUT2D eigenvalue weighted by Crippen LogP contribution is -2.32. The van der Waals surface area contributed by atoms with Gasteiger partial charge in [-0.25, -0.2) is 0 Å². The molecular formula is C15H26N2. The van der Waals surface area contributed by atoms with E-state index >= 15 is 0 Å². The van der Waals surface area contributed by atoms with Gasteiger partial charge in [0, 0.05) is 18.3 Å². The van der Waals surface area contributed by atoms with Gasteiger partial charge >= 0.3 is 0 Å². The van der Waals surface area contributed by atoms with E-state index in [4.69, 9.17) is 5.73 Å². The normalized spacial score (nSPS) is 12.5. The molecule has 2 nitrogen and oxygen atoms in total. The van der Waals surface area contributed by atoms with Crippen molar-refractivity contribution in [2.45, 2.75) is 46.6 Å². The highest BCUT2D eigenvalue weighted by Gasteiger charge is 2.13. The van der Waals surface area contributed by atoms with E-state index < -0.39 is 0 Å². The molecule has 0 heterocycles. The molecule has 1 aromatic rings. The van der Waals surface area contributed by atoms with Crippen LogP contribution < -0.4 is 10.6 Å². The van der Waals surface area contributed by atoms with Gasteiger partial charge in [-0.05, 0) is 57.4 Å². The summed E-state index contributed by atoms with van der Waals surface area (Å²) in [5.74, 6) is 0. The topological polar surface area (TPSA) is 29.3 Å². The van der Waals surface area contributed by atoms with Crippen LogP contribution in [0.25, 0.3) is 0 Å². The summed E-state index contributed by atoms with van der Waals surface area (Å²) < 4.78 is 0. The Morgan fingerprint density at radius 2 is 2.00 bits per heavy atom. The molecule has 1 aromatic carbocycles. The second-order valence-electron chi connectivity index (χ2n) is 4.70. The summed E-state index contributed by atoms with van der Waals surface area (Å²) in [6, 6.07) is 7.32. The number of anilines is 1. The van der Waals surface area contributed by atoms with Crippen molar-refractivity contribution < 1.29 is 0 Å². The Hall–Kier alpha value is -1.02. The second-order valence-corrected chi connectivity index (χ2v) is 4.70. The van der Waals surface area contributed by atoms with Gasteiger partial charge in [0.25, 0.3) is 0 Å². The summed E-state index contributed by atoms with van der Waals surface area (Å²) in [6.07, 6.45) is 2.15. The van der Waals surface area contributed by atoms with Gasteiger partial charge in [0.15, 0.2) is 0 Å². The van der Waals surface area contributed by atoms with E-state index in [9.17, 15) is 0 Å². The quantitative estimate of drug-likeness (QED) is 0.819. The summed E-state index contributed by atoms with van der Waals surface area (Å²) in [4.78, 5) is 2.47. The van der Waals surface area contributed by atoms with Crippen molar-refractivity contribution in [3.63, 3.8) is 0 Å². The zero-order valence-corrected chi connectivity index (χ0v) is 11.7. The van der Waals surface area contributed by atoms with Crippen LogP contribution in [0.4, 0.5) is 5.69 Å². The van der Waals surface area contributed by atoms with Crippen molar-refractivity contribution in [2.24, 2.45) is 5.73 Å². The summed E-state index contributed by atoms with van der Waals surface area (Å²) in [6.45, 7) is 10.7.